The second-order valence-corrected chi connectivity index (χ2v) is 5.39. The van der Waals surface area contributed by atoms with E-state index in [4.69, 9.17) is 11.6 Å². The first-order valence-corrected chi connectivity index (χ1v) is 6.77. The third-order valence-electron chi connectivity index (χ3n) is 3.73. The van der Waals surface area contributed by atoms with Gasteiger partial charge in [0.05, 0.1) is 0 Å². The number of pyridine rings is 1. The fourth-order valence-electron chi connectivity index (χ4n) is 2.67. The Morgan fingerprint density at radius 1 is 1.25 bits per heavy atom. The highest BCUT2D eigenvalue weighted by molar-refractivity contribution is 6.21. The van der Waals surface area contributed by atoms with Crippen LogP contribution in [0.15, 0.2) is 24.4 Å². The fraction of sp³-hybridized carbons (Fsp3) is 0.643. The summed E-state index contributed by atoms with van der Waals surface area (Å²) in [6.45, 7) is 2.20. The van der Waals surface area contributed by atoms with Gasteiger partial charge < -0.3 is 0 Å². The van der Waals surface area contributed by atoms with Crippen molar-refractivity contribution < 1.29 is 0 Å². The topological polar surface area (TPSA) is 12.9 Å². The number of hydrogen-bond donors (Lipinski definition) is 0. The predicted octanol–water partition coefficient (Wildman–Crippen LogP) is 4.37. The molecule has 1 aliphatic rings. The van der Waals surface area contributed by atoms with Gasteiger partial charge in [0.1, 0.15) is 0 Å². The van der Waals surface area contributed by atoms with Crippen LogP contribution in [0.2, 0.25) is 0 Å². The highest BCUT2D eigenvalue weighted by Crippen LogP contribution is 2.36. The Kier molecular flexibility index (Phi) is 4.22. The van der Waals surface area contributed by atoms with E-state index in [-0.39, 0.29) is 5.38 Å². The van der Waals surface area contributed by atoms with Crippen molar-refractivity contribution in [3.8, 4) is 0 Å². The van der Waals surface area contributed by atoms with Crippen LogP contribution in [-0.2, 0) is 0 Å². The van der Waals surface area contributed by atoms with Crippen molar-refractivity contribution in [2.45, 2.75) is 50.3 Å². The van der Waals surface area contributed by atoms with Gasteiger partial charge in [-0.2, -0.15) is 0 Å². The summed E-state index contributed by atoms with van der Waals surface area (Å²) >= 11 is 6.60. The van der Waals surface area contributed by atoms with Gasteiger partial charge in [0.25, 0.3) is 0 Å². The third-order valence-corrected chi connectivity index (χ3v) is 4.47. The van der Waals surface area contributed by atoms with Crippen molar-refractivity contribution in [2.75, 3.05) is 0 Å². The largest absolute Gasteiger partial charge is 0.261 e. The SMILES string of the molecule is CC(c1ccccn1)C(Cl)C1CCCCC1. The Morgan fingerprint density at radius 3 is 2.62 bits per heavy atom. The zero-order chi connectivity index (χ0) is 11.4. The summed E-state index contributed by atoms with van der Waals surface area (Å²) in [7, 11) is 0. The van der Waals surface area contributed by atoms with Crippen molar-refractivity contribution in [2.24, 2.45) is 5.92 Å². The van der Waals surface area contributed by atoms with E-state index >= 15 is 0 Å². The number of rotatable bonds is 3. The van der Waals surface area contributed by atoms with Crippen molar-refractivity contribution >= 4 is 11.6 Å². The van der Waals surface area contributed by atoms with Gasteiger partial charge in [-0.05, 0) is 30.9 Å². The van der Waals surface area contributed by atoms with Crippen LogP contribution in [0.25, 0.3) is 0 Å². The van der Waals surface area contributed by atoms with Crippen LogP contribution < -0.4 is 0 Å². The number of halogens is 1. The second kappa shape index (κ2) is 5.67. The summed E-state index contributed by atoms with van der Waals surface area (Å²) in [6, 6.07) is 6.09. The van der Waals surface area contributed by atoms with Gasteiger partial charge >= 0.3 is 0 Å². The monoisotopic (exact) mass is 237 g/mol. The average Bonchev–Trinajstić information content (AvgIpc) is 2.39. The maximum Gasteiger partial charge on any atom is 0.0446 e. The molecule has 2 rings (SSSR count). The molecule has 1 aliphatic carbocycles. The van der Waals surface area contributed by atoms with Crippen molar-refractivity contribution in [1.82, 2.24) is 4.98 Å². The molecule has 1 nitrogen and oxygen atoms in total. The molecule has 0 spiro atoms. The molecule has 1 fully saturated rings. The molecule has 2 heteroatoms. The van der Waals surface area contributed by atoms with Gasteiger partial charge in [0.15, 0.2) is 0 Å². The van der Waals surface area contributed by atoms with Gasteiger partial charge in [0, 0.05) is 23.2 Å². The molecule has 16 heavy (non-hydrogen) atoms. The third kappa shape index (κ3) is 2.76. The summed E-state index contributed by atoms with van der Waals surface area (Å²) in [6.07, 6.45) is 8.54. The Labute approximate surface area is 103 Å². The lowest BCUT2D eigenvalue weighted by Crippen LogP contribution is -2.23. The van der Waals surface area contributed by atoms with Crippen molar-refractivity contribution in [3.05, 3.63) is 30.1 Å². The minimum atomic E-state index is 0.246. The van der Waals surface area contributed by atoms with Crippen LogP contribution in [0.1, 0.15) is 50.6 Å². The fourth-order valence-corrected chi connectivity index (χ4v) is 3.05. The Bertz CT molecular complexity index is 306. The van der Waals surface area contributed by atoms with Gasteiger partial charge in [-0.25, -0.2) is 0 Å². The quantitative estimate of drug-likeness (QED) is 0.712. The zero-order valence-electron chi connectivity index (χ0n) is 9.90. The molecule has 2 atom stereocenters. The summed E-state index contributed by atoms with van der Waals surface area (Å²) in [5.74, 6) is 1.05. The Balaban J connectivity index is 2.00. The van der Waals surface area contributed by atoms with Crippen LogP contribution in [0.4, 0.5) is 0 Å². The van der Waals surface area contributed by atoms with E-state index in [1.54, 1.807) is 0 Å². The first-order valence-electron chi connectivity index (χ1n) is 6.34. The summed E-state index contributed by atoms with van der Waals surface area (Å²) in [5.41, 5.74) is 1.13. The lowest BCUT2D eigenvalue weighted by molar-refractivity contribution is 0.327. The molecule has 1 aromatic heterocycles. The Morgan fingerprint density at radius 2 is 2.00 bits per heavy atom. The predicted molar refractivity (Wildman–Crippen MR) is 68.9 cm³/mol. The maximum atomic E-state index is 6.60. The van der Waals surface area contributed by atoms with Crippen LogP contribution in [0.5, 0.6) is 0 Å². The van der Waals surface area contributed by atoms with E-state index in [1.807, 2.05) is 18.3 Å². The van der Waals surface area contributed by atoms with Crippen LogP contribution >= 0.6 is 11.6 Å². The average molecular weight is 238 g/mol. The van der Waals surface area contributed by atoms with Gasteiger partial charge in [0.2, 0.25) is 0 Å². The normalized spacial score (nSPS) is 21.6. The minimum absolute atomic E-state index is 0.246. The molecule has 0 amide bonds. The molecule has 0 bridgehead atoms. The highest BCUT2D eigenvalue weighted by Gasteiger charge is 2.27. The summed E-state index contributed by atoms with van der Waals surface area (Å²) in [5, 5.41) is 0.246. The smallest absolute Gasteiger partial charge is 0.0446 e. The van der Waals surface area contributed by atoms with Crippen LogP contribution in [0.3, 0.4) is 0 Å². The van der Waals surface area contributed by atoms with Crippen LogP contribution in [-0.4, -0.2) is 10.4 Å². The van der Waals surface area contributed by atoms with Gasteiger partial charge in [-0.1, -0.05) is 32.3 Å². The zero-order valence-corrected chi connectivity index (χ0v) is 10.7. The van der Waals surface area contributed by atoms with E-state index in [1.165, 1.54) is 32.1 Å². The van der Waals surface area contributed by atoms with E-state index in [0.717, 1.165) is 5.69 Å². The maximum absolute atomic E-state index is 6.60. The van der Waals surface area contributed by atoms with E-state index < -0.39 is 0 Å². The molecular weight excluding hydrogens is 218 g/mol. The first-order chi connectivity index (χ1) is 7.79. The van der Waals surface area contributed by atoms with Crippen molar-refractivity contribution in [1.29, 1.82) is 0 Å². The number of alkyl halides is 1. The first kappa shape index (κ1) is 11.9. The highest BCUT2D eigenvalue weighted by atomic mass is 35.5. The molecule has 0 N–H and O–H groups in total. The molecule has 1 aromatic rings. The number of hydrogen-bond acceptors (Lipinski definition) is 1. The molecule has 0 saturated heterocycles. The lowest BCUT2D eigenvalue weighted by atomic mass is 9.82. The summed E-state index contributed by atoms with van der Waals surface area (Å²) in [4.78, 5) is 4.41. The van der Waals surface area contributed by atoms with E-state index in [9.17, 15) is 0 Å². The molecule has 2 unspecified atom stereocenters. The molecule has 88 valence electrons. The van der Waals surface area contributed by atoms with E-state index in [2.05, 4.69) is 18.0 Å². The Hall–Kier alpha value is -0.560. The lowest BCUT2D eigenvalue weighted by Gasteiger charge is -2.29. The minimum Gasteiger partial charge on any atom is -0.261 e. The molecular formula is C14H20ClN. The molecule has 0 aliphatic heterocycles. The van der Waals surface area contributed by atoms with E-state index in [0.29, 0.717) is 11.8 Å². The summed E-state index contributed by atoms with van der Waals surface area (Å²) < 4.78 is 0. The van der Waals surface area contributed by atoms with Crippen LogP contribution in [0, 0.1) is 5.92 Å². The van der Waals surface area contributed by atoms with Crippen molar-refractivity contribution in [3.63, 3.8) is 0 Å². The number of aromatic nitrogens is 1. The van der Waals surface area contributed by atoms with Gasteiger partial charge in [-0.15, -0.1) is 11.6 Å². The molecule has 1 heterocycles. The molecule has 0 aromatic carbocycles. The standard InChI is InChI=1S/C14H20ClN/c1-11(13-9-5-6-10-16-13)14(15)12-7-3-2-4-8-12/h5-6,9-12,14H,2-4,7-8H2,1H3. The number of nitrogens with zero attached hydrogens (tertiary/aromatic N) is 1. The second-order valence-electron chi connectivity index (χ2n) is 4.89. The molecule has 1 saturated carbocycles. The molecule has 0 radical (unpaired) electrons. The van der Waals surface area contributed by atoms with Gasteiger partial charge in [-0.3, -0.25) is 4.98 Å².